The van der Waals surface area contributed by atoms with Crippen LogP contribution < -0.4 is 5.73 Å². The molecule has 102 valence electrons. The normalized spacial score (nSPS) is 12.2. The Hall–Kier alpha value is -0.860. The predicted molar refractivity (Wildman–Crippen MR) is 80.0 cm³/mol. The highest BCUT2D eigenvalue weighted by atomic mass is 15.1. The molecule has 0 saturated carbocycles. The minimum Gasteiger partial charge on any atom is -0.330 e. The molecule has 1 rings (SSSR count). The molecule has 1 aromatic carbocycles. The monoisotopic (exact) mass is 248 g/mol. The summed E-state index contributed by atoms with van der Waals surface area (Å²) in [5, 5.41) is 0. The fourth-order valence-corrected chi connectivity index (χ4v) is 2.15. The first-order valence-electron chi connectivity index (χ1n) is 6.79. The van der Waals surface area contributed by atoms with Gasteiger partial charge in [0.1, 0.15) is 0 Å². The van der Waals surface area contributed by atoms with Crippen LogP contribution in [-0.4, -0.2) is 31.6 Å². The number of rotatable bonds is 6. The molecule has 0 radical (unpaired) electrons. The Morgan fingerprint density at radius 1 is 1.17 bits per heavy atom. The average molecular weight is 248 g/mol. The second-order valence-electron chi connectivity index (χ2n) is 6.27. The van der Waals surface area contributed by atoms with Gasteiger partial charge in [-0.05, 0) is 56.0 Å². The summed E-state index contributed by atoms with van der Waals surface area (Å²) in [6, 6.07) is 6.76. The molecule has 0 fully saturated rings. The molecule has 0 bridgehead atoms. The van der Waals surface area contributed by atoms with Crippen molar-refractivity contribution >= 4 is 0 Å². The first-order valence-corrected chi connectivity index (χ1v) is 6.79. The van der Waals surface area contributed by atoms with Gasteiger partial charge in [-0.25, -0.2) is 0 Å². The van der Waals surface area contributed by atoms with Gasteiger partial charge >= 0.3 is 0 Å². The molecule has 0 unspecified atom stereocenters. The average Bonchev–Trinajstić information content (AvgIpc) is 2.30. The third kappa shape index (κ3) is 4.79. The topological polar surface area (TPSA) is 29.3 Å². The lowest BCUT2D eigenvalue weighted by Crippen LogP contribution is -2.37. The molecule has 0 aliphatic heterocycles. The summed E-state index contributed by atoms with van der Waals surface area (Å²) in [5.41, 5.74) is 10.2. The Kier molecular flexibility index (Phi) is 5.36. The second-order valence-corrected chi connectivity index (χ2v) is 6.27. The van der Waals surface area contributed by atoms with Crippen LogP contribution in [-0.2, 0) is 6.42 Å². The van der Waals surface area contributed by atoms with Crippen molar-refractivity contribution in [3.63, 3.8) is 0 Å². The van der Waals surface area contributed by atoms with Gasteiger partial charge in [0, 0.05) is 13.1 Å². The standard InChI is InChI=1S/C16H28N2/c1-13-6-7-15(10-14(13)2)8-9-18(5)12-16(3,4)11-17/h6-7,10H,8-9,11-12,17H2,1-5H3. The van der Waals surface area contributed by atoms with E-state index in [1.165, 1.54) is 16.7 Å². The number of benzene rings is 1. The van der Waals surface area contributed by atoms with Crippen molar-refractivity contribution in [1.82, 2.24) is 4.90 Å². The van der Waals surface area contributed by atoms with Gasteiger partial charge < -0.3 is 10.6 Å². The van der Waals surface area contributed by atoms with Gasteiger partial charge in [-0.3, -0.25) is 0 Å². The Labute approximate surface area is 112 Å². The van der Waals surface area contributed by atoms with Gasteiger partial charge in [0.05, 0.1) is 0 Å². The molecule has 0 aliphatic carbocycles. The highest BCUT2D eigenvalue weighted by molar-refractivity contribution is 5.30. The summed E-state index contributed by atoms with van der Waals surface area (Å²) in [6.07, 6.45) is 1.11. The van der Waals surface area contributed by atoms with Gasteiger partial charge in [-0.15, -0.1) is 0 Å². The fourth-order valence-electron chi connectivity index (χ4n) is 2.15. The maximum absolute atomic E-state index is 5.77. The minimum atomic E-state index is 0.206. The van der Waals surface area contributed by atoms with E-state index in [4.69, 9.17) is 5.73 Å². The van der Waals surface area contributed by atoms with Crippen molar-refractivity contribution in [2.24, 2.45) is 11.1 Å². The maximum Gasteiger partial charge on any atom is 0.00418 e. The molecule has 18 heavy (non-hydrogen) atoms. The Balaban J connectivity index is 2.47. The van der Waals surface area contributed by atoms with Crippen LogP contribution in [0.3, 0.4) is 0 Å². The van der Waals surface area contributed by atoms with E-state index in [0.717, 1.165) is 26.1 Å². The first kappa shape index (κ1) is 15.2. The van der Waals surface area contributed by atoms with E-state index < -0.39 is 0 Å². The number of aryl methyl sites for hydroxylation is 2. The molecular formula is C16H28N2. The molecular weight excluding hydrogens is 220 g/mol. The summed E-state index contributed by atoms with van der Waals surface area (Å²) in [7, 11) is 2.18. The van der Waals surface area contributed by atoms with Gasteiger partial charge in [0.2, 0.25) is 0 Å². The van der Waals surface area contributed by atoms with Crippen molar-refractivity contribution < 1.29 is 0 Å². The number of likely N-dealkylation sites (N-methyl/N-ethyl adjacent to an activating group) is 1. The summed E-state index contributed by atoms with van der Waals surface area (Å²) < 4.78 is 0. The zero-order chi connectivity index (χ0) is 13.8. The smallest absolute Gasteiger partial charge is 0.00418 e. The summed E-state index contributed by atoms with van der Waals surface area (Å²) >= 11 is 0. The zero-order valence-corrected chi connectivity index (χ0v) is 12.6. The van der Waals surface area contributed by atoms with Crippen molar-refractivity contribution in [2.45, 2.75) is 34.1 Å². The van der Waals surface area contributed by atoms with Crippen LogP contribution in [0.2, 0.25) is 0 Å². The van der Waals surface area contributed by atoms with Crippen molar-refractivity contribution in [2.75, 3.05) is 26.7 Å². The van der Waals surface area contributed by atoms with Crippen LogP contribution in [0.25, 0.3) is 0 Å². The Bertz CT molecular complexity index is 383. The summed E-state index contributed by atoms with van der Waals surface area (Å²) in [6.45, 7) is 11.7. The second kappa shape index (κ2) is 6.35. The molecule has 0 saturated heterocycles. The van der Waals surface area contributed by atoms with Crippen LogP contribution in [0, 0.1) is 19.3 Å². The zero-order valence-electron chi connectivity index (χ0n) is 12.6. The van der Waals surface area contributed by atoms with Crippen LogP contribution in [0.15, 0.2) is 18.2 Å². The van der Waals surface area contributed by atoms with Crippen molar-refractivity contribution in [3.8, 4) is 0 Å². The van der Waals surface area contributed by atoms with E-state index in [1.54, 1.807) is 0 Å². The molecule has 0 aromatic heterocycles. The fraction of sp³-hybridized carbons (Fsp3) is 0.625. The van der Waals surface area contributed by atoms with E-state index in [2.05, 4.69) is 57.8 Å². The number of nitrogens with two attached hydrogens (primary N) is 1. The van der Waals surface area contributed by atoms with Crippen LogP contribution in [0.4, 0.5) is 0 Å². The van der Waals surface area contributed by atoms with Gasteiger partial charge in [-0.2, -0.15) is 0 Å². The van der Waals surface area contributed by atoms with Gasteiger partial charge in [-0.1, -0.05) is 32.0 Å². The third-order valence-electron chi connectivity index (χ3n) is 3.60. The van der Waals surface area contributed by atoms with E-state index in [-0.39, 0.29) is 5.41 Å². The lowest BCUT2D eigenvalue weighted by molar-refractivity contribution is 0.218. The molecule has 0 heterocycles. The lowest BCUT2D eigenvalue weighted by atomic mass is 9.93. The number of hydrogen-bond acceptors (Lipinski definition) is 2. The van der Waals surface area contributed by atoms with Crippen LogP contribution >= 0.6 is 0 Å². The quantitative estimate of drug-likeness (QED) is 0.839. The van der Waals surface area contributed by atoms with Crippen molar-refractivity contribution in [1.29, 1.82) is 0 Å². The predicted octanol–water partition coefficient (Wildman–Crippen LogP) is 2.76. The Morgan fingerprint density at radius 3 is 2.39 bits per heavy atom. The molecule has 0 atom stereocenters. The minimum absolute atomic E-state index is 0.206. The van der Waals surface area contributed by atoms with Crippen molar-refractivity contribution in [3.05, 3.63) is 34.9 Å². The van der Waals surface area contributed by atoms with Gasteiger partial charge in [0.15, 0.2) is 0 Å². The number of hydrogen-bond donors (Lipinski definition) is 1. The van der Waals surface area contributed by atoms with E-state index in [9.17, 15) is 0 Å². The highest BCUT2D eigenvalue weighted by Gasteiger charge is 2.17. The van der Waals surface area contributed by atoms with Crippen LogP contribution in [0.1, 0.15) is 30.5 Å². The van der Waals surface area contributed by atoms with Gasteiger partial charge in [0.25, 0.3) is 0 Å². The van der Waals surface area contributed by atoms with Crippen LogP contribution in [0.5, 0.6) is 0 Å². The summed E-state index contributed by atoms with van der Waals surface area (Å²) in [4.78, 5) is 2.38. The molecule has 1 aromatic rings. The summed E-state index contributed by atoms with van der Waals surface area (Å²) in [5.74, 6) is 0. The highest BCUT2D eigenvalue weighted by Crippen LogP contribution is 2.15. The third-order valence-corrected chi connectivity index (χ3v) is 3.60. The van der Waals surface area contributed by atoms with E-state index in [1.807, 2.05) is 0 Å². The SMILES string of the molecule is Cc1ccc(CCN(C)CC(C)(C)CN)cc1C. The molecule has 2 heteroatoms. The molecule has 0 amide bonds. The first-order chi connectivity index (χ1) is 8.34. The largest absolute Gasteiger partial charge is 0.330 e. The molecule has 0 spiro atoms. The number of nitrogens with zero attached hydrogens (tertiary/aromatic N) is 1. The van der Waals surface area contributed by atoms with E-state index >= 15 is 0 Å². The molecule has 2 nitrogen and oxygen atoms in total. The molecule has 2 N–H and O–H groups in total. The lowest BCUT2D eigenvalue weighted by Gasteiger charge is -2.29. The van der Waals surface area contributed by atoms with E-state index in [0.29, 0.717) is 0 Å². The molecule has 0 aliphatic rings. The Morgan fingerprint density at radius 2 is 1.83 bits per heavy atom. The maximum atomic E-state index is 5.77.